The van der Waals surface area contributed by atoms with E-state index in [9.17, 15) is 0 Å². The molecule has 1 heteroatoms. The topological polar surface area (TPSA) is 0 Å². The fourth-order valence-electron chi connectivity index (χ4n) is 1.24. The van der Waals surface area contributed by atoms with Gasteiger partial charge in [0.05, 0.1) is 19.3 Å². The Morgan fingerprint density at radius 3 is 2.17 bits per heavy atom. The van der Waals surface area contributed by atoms with Crippen molar-refractivity contribution in [2.45, 2.75) is 24.5 Å². The van der Waals surface area contributed by atoms with Crippen LogP contribution in [0.15, 0.2) is 0 Å². The molecule has 0 amide bonds. The molecule has 1 aliphatic carbocycles. The zero-order chi connectivity index (χ0) is 3.98. The Morgan fingerprint density at radius 2 is 2.00 bits per heavy atom. The molecule has 2 fully saturated rings. The SMILES string of the molecule is [B]1C2C[CH+]CC12. The molecule has 0 aromatic rings. The molecule has 29 valence electrons. The quantitative estimate of drug-likeness (QED) is 0.302. The highest BCUT2D eigenvalue weighted by atomic mass is 14.3. The van der Waals surface area contributed by atoms with Gasteiger partial charge in [0.15, 0.2) is 0 Å². The van der Waals surface area contributed by atoms with Crippen LogP contribution >= 0.6 is 0 Å². The van der Waals surface area contributed by atoms with E-state index in [4.69, 9.17) is 0 Å². The normalized spacial score (nSPS) is 49.3. The molecule has 1 heterocycles. The molecule has 0 bridgehead atoms. The molecule has 0 nitrogen and oxygen atoms in total. The second-order valence-corrected chi connectivity index (χ2v) is 2.28. The molecule has 0 aromatic heterocycles. The van der Waals surface area contributed by atoms with Crippen LogP contribution in [-0.2, 0) is 0 Å². The van der Waals surface area contributed by atoms with Gasteiger partial charge in [-0.1, -0.05) is 0 Å². The third-order valence-electron chi connectivity index (χ3n) is 1.78. The van der Waals surface area contributed by atoms with Gasteiger partial charge in [0.1, 0.15) is 7.28 Å². The molecule has 1 radical (unpaired) electrons. The number of fused-ring (bicyclic) bond motifs is 1. The van der Waals surface area contributed by atoms with E-state index in [1.807, 2.05) is 0 Å². The van der Waals surface area contributed by atoms with Crippen LogP contribution < -0.4 is 0 Å². The summed E-state index contributed by atoms with van der Waals surface area (Å²) in [5, 5.41) is 0. The minimum atomic E-state index is 1.03. The summed E-state index contributed by atoms with van der Waals surface area (Å²) in [4.78, 5) is 0. The van der Waals surface area contributed by atoms with E-state index in [0.717, 1.165) is 11.6 Å². The summed E-state index contributed by atoms with van der Waals surface area (Å²) < 4.78 is 0. The molecule has 0 N–H and O–H groups in total. The number of rotatable bonds is 0. The third-order valence-corrected chi connectivity index (χ3v) is 1.78. The molecule has 6 heavy (non-hydrogen) atoms. The lowest BCUT2D eigenvalue weighted by molar-refractivity contribution is 1.02. The van der Waals surface area contributed by atoms with E-state index in [1.165, 1.54) is 12.8 Å². The standard InChI is InChI=1S/C5H7B/c1-2-4-5(3-1)6-4/h1,4-5H,2-3H2/q+1. The minimum Gasteiger partial charge on any atom is -0.0290 e. The summed E-state index contributed by atoms with van der Waals surface area (Å²) in [6.45, 7) is 0. The van der Waals surface area contributed by atoms with Crippen molar-refractivity contribution in [1.82, 2.24) is 0 Å². The molecule has 2 atom stereocenters. The van der Waals surface area contributed by atoms with Gasteiger partial charge in [-0.15, -0.1) is 0 Å². The fourth-order valence-corrected chi connectivity index (χ4v) is 1.24. The highest BCUT2D eigenvalue weighted by Gasteiger charge is 2.47. The Bertz CT molecular complexity index is 62.3. The van der Waals surface area contributed by atoms with E-state index >= 15 is 0 Å². The summed E-state index contributed by atoms with van der Waals surface area (Å²) in [7, 11) is 2.44. The number of hydrogen-bond acceptors (Lipinski definition) is 0. The van der Waals surface area contributed by atoms with Crippen molar-refractivity contribution in [3.8, 4) is 0 Å². The first-order valence-corrected chi connectivity index (χ1v) is 2.63. The third kappa shape index (κ3) is 0.238. The molecule has 1 saturated carbocycles. The second-order valence-electron chi connectivity index (χ2n) is 2.28. The molecule has 1 aliphatic heterocycles. The van der Waals surface area contributed by atoms with Crippen molar-refractivity contribution in [2.24, 2.45) is 0 Å². The van der Waals surface area contributed by atoms with Crippen molar-refractivity contribution in [1.29, 1.82) is 0 Å². The minimum absolute atomic E-state index is 1.03. The number of hydrogen-bond donors (Lipinski definition) is 0. The van der Waals surface area contributed by atoms with Gasteiger partial charge in [0.2, 0.25) is 0 Å². The smallest absolute Gasteiger partial charge is 0.0290 e. The summed E-state index contributed by atoms with van der Waals surface area (Å²) >= 11 is 0. The monoisotopic (exact) mass is 78.1 g/mol. The van der Waals surface area contributed by atoms with Crippen LogP contribution in [0.5, 0.6) is 0 Å². The van der Waals surface area contributed by atoms with Crippen LogP contribution in [0.4, 0.5) is 0 Å². The zero-order valence-electron chi connectivity index (χ0n) is 3.72. The average molecular weight is 77.9 g/mol. The first-order valence-electron chi connectivity index (χ1n) is 2.63. The Hall–Kier alpha value is -0.0651. The summed E-state index contributed by atoms with van der Waals surface area (Å²) in [6, 6.07) is 0. The van der Waals surface area contributed by atoms with Gasteiger partial charge in [0.25, 0.3) is 0 Å². The van der Waals surface area contributed by atoms with E-state index < -0.39 is 0 Å². The summed E-state index contributed by atoms with van der Waals surface area (Å²) in [6.07, 6.45) is 5.16. The Labute approximate surface area is 39.2 Å². The maximum Gasteiger partial charge on any atom is 0.128 e. The van der Waals surface area contributed by atoms with Gasteiger partial charge >= 0.3 is 0 Å². The van der Waals surface area contributed by atoms with Crippen molar-refractivity contribution < 1.29 is 0 Å². The first-order chi connectivity index (χ1) is 2.97. The molecule has 2 aliphatic rings. The van der Waals surface area contributed by atoms with Crippen LogP contribution in [0, 0.1) is 6.42 Å². The van der Waals surface area contributed by atoms with E-state index in [-0.39, 0.29) is 0 Å². The molecule has 0 spiro atoms. The van der Waals surface area contributed by atoms with Gasteiger partial charge in [0, 0.05) is 0 Å². The van der Waals surface area contributed by atoms with Crippen LogP contribution in [0.3, 0.4) is 0 Å². The first kappa shape index (κ1) is 3.01. The molecule has 2 unspecified atom stereocenters. The molecule has 2 rings (SSSR count). The highest BCUT2D eigenvalue weighted by molar-refractivity contribution is 6.54. The Balaban J connectivity index is 2.09. The molecule has 0 aromatic carbocycles. The van der Waals surface area contributed by atoms with Crippen LogP contribution in [0.25, 0.3) is 0 Å². The van der Waals surface area contributed by atoms with Gasteiger partial charge in [-0.05, 0) is 11.6 Å². The highest BCUT2D eigenvalue weighted by Crippen LogP contribution is 2.54. The van der Waals surface area contributed by atoms with E-state index in [2.05, 4.69) is 13.7 Å². The lowest BCUT2D eigenvalue weighted by Gasteiger charge is -1.69. The Morgan fingerprint density at radius 1 is 1.33 bits per heavy atom. The fraction of sp³-hybridized carbons (Fsp3) is 0.800. The largest absolute Gasteiger partial charge is 0.128 e. The van der Waals surface area contributed by atoms with Gasteiger partial charge < -0.3 is 0 Å². The van der Waals surface area contributed by atoms with Gasteiger partial charge in [-0.2, -0.15) is 0 Å². The van der Waals surface area contributed by atoms with Gasteiger partial charge in [-0.3, -0.25) is 0 Å². The lowest BCUT2D eigenvalue weighted by Crippen LogP contribution is -1.70. The molecule has 1 saturated heterocycles. The molecular formula is C5H7B+. The van der Waals surface area contributed by atoms with E-state index in [0.29, 0.717) is 0 Å². The van der Waals surface area contributed by atoms with Crippen LogP contribution in [0.1, 0.15) is 12.8 Å². The van der Waals surface area contributed by atoms with Crippen molar-refractivity contribution in [2.75, 3.05) is 0 Å². The predicted molar refractivity (Wildman–Crippen MR) is 26.8 cm³/mol. The lowest BCUT2D eigenvalue weighted by atomic mass is 9.91. The van der Waals surface area contributed by atoms with Gasteiger partial charge in [-0.25, -0.2) is 0 Å². The summed E-state index contributed by atoms with van der Waals surface area (Å²) in [5.74, 6) is 2.06. The van der Waals surface area contributed by atoms with E-state index in [1.54, 1.807) is 0 Å². The summed E-state index contributed by atoms with van der Waals surface area (Å²) in [5.41, 5.74) is 0. The molecular weight excluding hydrogens is 70.9 g/mol. The second kappa shape index (κ2) is 0.774. The van der Waals surface area contributed by atoms with Crippen molar-refractivity contribution >= 4 is 7.28 Å². The maximum absolute atomic E-state index is 2.44. The predicted octanol–water partition coefficient (Wildman–Crippen LogP) is 1.28. The zero-order valence-corrected chi connectivity index (χ0v) is 3.72. The van der Waals surface area contributed by atoms with Crippen LogP contribution in [-0.4, -0.2) is 7.28 Å². The average Bonchev–Trinajstić information content (AvgIpc) is 2.17. The maximum atomic E-state index is 2.44. The van der Waals surface area contributed by atoms with Crippen molar-refractivity contribution in [3.63, 3.8) is 0 Å². The Kier molecular flexibility index (Phi) is 0.388. The van der Waals surface area contributed by atoms with Crippen molar-refractivity contribution in [3.05, 3.63) is 6.42 Å². The van der Waals surface area contributed by atoms with Crippen LogP contribution in [0.2, 0.25) is 11.6 Å².